The van der Waals surface area contributed by atoms with E-state index in [9.17, 15) is 20.0 Å². The van der Waals surface area contributed by atoms with Gasteiger partial charge in [-0.05, 0) is 6.07 Å². The summed E-state index contributed by atoms with van der Waals surface area (Å²) in [7, 11) is 0. The van der Waals surface area contributed by atoms with Crippen LogP contribution in [-0.2, 0) is 13.1 Å². The van der Waals surface area contributed by atoms with Gasteiger partial charge >= 0.3 is 5.97 Å². The lowest BCUT2D eigenvalue weighted by Gasteiger charge is -2.29. The summed E-state index contributed by atoms with van der Waals surface area (Å²) >= 11 is 0. The number of benzene rings is 1. The lowest BCUT2D eigenvalue weighted by atomic mass is 10.1. The summed E-state index contributed by atoms with van der Waals surface area (Å²) in [5, 5.41) is 27.9. The van der Waals surface area contributed by atoms with Gasteiger partial charge in [-0.25, -0.2) is 4.79 Å². The lowest BCUT2D eigenvalue weighted by Crippen LogP contribution is -2.34. The second-order valence-electron chi connectivity index (χ2n) is 4.63. The highest BCUT2D eigenvalue weighted by atomic mass is 16.6. The molecule has 21 heavy (non-hydrogen) atoms. The molecule has 1 N–H and O–H groups in total. The Hall–Kier alpha value is -2.97. The highest BCUT2D eigenvalue weighted by Crippen LogP contribution is 2.28. The fraction of sp³-hybridized carbons (Fsp3) is 0.250. The second-order valence-corrected chi connectivity index (χ2v) is 4.63. The molecule has 1 aromatic carbocycles. The summed E-state index contributed by atoms with van der Waals surface area (Å²) in [5.74, 6) is -0.420. The molecule has 1 aromatic heterocycles. The number of fused-ring (bicyclic) bond motifs is 1. The number of non-ortho nitro benzene ring substituents is 1. The largest absolute Gasteiger partial charge is 0.478 e. The van der Waals surface area contributed by atoms with Crippen LogP contribution >= 0.6 is 0 Å². The number of aromatic carboxylic acids is 1. The normalized spacial score (nSPS) is 13.8. The molecule has 2 aromatic rings. The summed E-state index contributed by atoms with van der Waals surface area (Å²) in [5.41, 5.74) is 0.224. The van der Waals surface area contributed by atoms with E-state index in [0.29, 0.717) is 31.1 Å². The highest BCUT2D eigenvalue weighted by Gasteiger charge is 2.24. The van der Waals surface area contributed by atoms with Gasteiger partial charge in [0.05, 0.1) is 22.7 Å². The quantitative estimate of drug-likeness (QED) is 0.659. The molecule has 0 bridgehead atoms. The van der Waals surface area contributed by atoms with Crippen LogP contribution in [0.2, 0.25) is 0 Å². The van der Waals surface area contributed by atoms with Gasteiger partial charge in [0.15, 0.2) is 5.82 Å². The molecule has 0 unspecified atom stereocenters. The molecule has 0 radical (unpaired) electrons. The summed E-state index contributed by atoms with van der Waals surface area (Å²) in [6.07, 6.45) is 1.61. The predicted molar refractivity (Wildman–Crippen MR) is 71.1 cm³/mol. The molecule has 9 nitrogen and oxygen atoms in total. The van der Waals surface area contributed by atoms with E-state index in [-0.39, 0.29) is 11.3 Å². The van der Waals surface area contributed by atoms with Crippen LogP contribution in [0.5, 0.6) is 0 Å². The van der Waals surface area contributed by atoms with E-state index >= 15 is 0 Å². The number of rotatable bonds is 3. The monoisotopic (exact) mass is 289 g/mol. The van der Waals surface area contributed by atoms with Crippen molar-refractivity contribution < 1.29 is 14.8 Å². The molecule has 9 heteroatoms. The zero-order valence-electron chi connectivity index (χ0n) is 10.8. The molecule has 0 saturated heterocycles. The van der Waals surface area contributed by atoms with Gasteiger partial charge in [0.25, 0.3) is 5.69 Å². The number of nitrogens with zero attached hydrogens (tertiary/aromatic N) is 5. The summed E-state index contributed by atoms with van der Waals surface area (Å²) in [4.78, 5) is 23.4. The Kier molecular flexibility index (Phi) is 3.01. The van der Waals surface area contributed by atoms with Crippen LogP contribution < -0.4 is 4.90 Å². The van der Waals surface area contributed by atoms with E-state index in [4.69, 9.17) is 0 Å². The first-order chi connectivity index (χ1) is 10.1. The first-order valence-electron chi connectivity index (χ1n) is 6.19. The van der Waals surface area contributed by atoms with Gasteiger partial charge in [-0.1, -0.05) is 0 Å². The molecule has 0 spiro atoms. The van der Waals surface area contributed by atoms with Gasteiger partial charge in [-0.3, -0.25) is 10.1 Å². The Morgan fingerprint density at radius 2 is 2.19 bits per heavy atom. The van der Waals surface area contributed by atoms with Crippen molar-refractivity contribution in [3.05, 3.63) is 46.0 Å². The van der Waals surface area contributed by atoms with Crippen molar-refractivity contribution in [1.29, 1.82) is 0 Å². The maximum absolute atomic E-state index is 11.3. The molecular formula is C12H11N5O4. The molecule has 3 rings (SSSR count). The minimum Gasteiger partial charge on any atom is -0.478 e. The topological polar surface area (TPSA) is 114 Å². The van der Waals surface area contributed by atoms with Crippen molar-refractivity contribution in [1.82, 2.24) is 14.8 Å². The molecule has 0 aliphatic carbocycles. The first kappa shape index (κ1) is 13.0. The highest BCUT2D eigenvalue weighted by molar-refractivity contribution is 5.95. The Morgan fingerprint density at radius 1 is 1.38 bits per heavy atom. The van der Waals surface area contributed by atoms with E-state index in [1.54, 1.807) is 11.2 Å². The minimum absolute atomic E-state index is 0.0357. The van der Waals surface area contributed by atoms with Crippen LogP contribution in [0, 0.1) is 10.1 Å². The third-order valence-corrected chi connectivity index (χ3v) is 3.40. The minimum atomic E-state index is -1.12. The predicted octanol–water partition coefficient (Wildman–Crippen LogP) is 0.905. The number of nitro groups is 1. The smallest absolute Gasteiger partial charge is 0.337 e. The molecule has 0 fully saturated rings. The SMILES string of the molecule is O=C(O)c1ccc([N+](=O)[O-])cc1N1CCn2cnnc2C1. The summed E-state index contributed by atoms with van der Waals surface area (Å²) in [6, 6.07) is 3.74. The summed E-state index contributed by atoms with van der Waals surface area (Å²) in [6.45, 7) is 1.50. The summed E-state index contributed by atoms with van der Waals surface area (Å²) < 4.78 is 1.87. The van der Waals surface area contributed by atoms with E-state index in [0.717, 1.165) is 0 Å². The number of nitro benzene ring substituents is 1. The van der Waals surface area contributed by atoms with E-state index in [1.807, 2.05) is 4.57 Å². The fourth-order valence-corrected chi connectivity index (χ4v) is 2.35. The molecule has 2 heterocycles. The van der Waals surface area contributed by atoms with E-state index in [2.05, 4.69) is 10.2 Å². The van der Waals surface area contributed by atoms with Crippen LogP contribution in [0.3, 0.4) is 0 Å². The van der Waals surface area contributed by atoms with Crippen LogP contribution in [0.25, 0.3) is 0 Å². The number of aromatic nitrogens is 3. The van der Waals surface area contributed by atoms with Gasteiger partial charge in [0.1, 0.15) is 6.33 Å². The van der Waals surface area contributed by atoms with Crippen molar-refractivity contribution in [2.24, 2.45) is 0 Å². The number of carbonyl (C=O) groups is 1. The van der Waals surface area contributed by atoms with Crippen LogP contribution in [0.15, 0.2) is 24.5 Å². The molecule has 1 aliphatic rings. The number of anilines is 1. The van der Waals surface area contributed by atoms with Gasteiger partial charge in [-0.15, -0.1) is 10.2 Å². The Bertz CT molecular complexity index is 726. The van der Waals surface area contributed by atoms with Crippen LogP contribution in [0.1, 0.15) is 16.2 Å². The van der Waals surface area contributed by atoms with Crippen molar-refractivity contribution in [2.75, 3.05) is 11.4 Å². The Balaban J connectivity index is 2.02. The molecular weight excluding hydrogens is 278 g/mol. The van der Waals surface area contributed by atoms with Gasteiger partial charge < -0.3 is 14.6 Å². The maximum Gasteiger partial charge on any atom is 0.337 e. The third-order valence-electron chi connectivity index (χ3n) is 3.40. The molecule has 0 amide bonds. The maximum atomic E-state index is 11.3. The number of carboxylic acid groups (broad SMARTS) is 1. The second kappa shape index (κ2) is 4.85. The van der Waals surface area contributed by atoms with Gasteiger partial charge in [-0.2, -0.15) is 0 Å². The Morgan fingerprint density at radius 3 is 2.90 bits per heavy atom. The number of carboxylic acids is 1. The molecule has 0 saturated carbocycles. The van der Waals surface area contributed by atoms with Crippen molar-refractivity contribution >= 4 is 17.3 Å². The fourth-order valence-electron chi connectivity index (χ4n) is 2.35. The zero-order chi connectivity index (χ0) is 15.0. The van der Waals surface area contributed by atoms with Crippen LogP contribution in [-0.4, -0.2) is 37.3 Å². The first-order valence-corrected chi connectivity index (χ1v) is 6.19. The molecule has 108 valence electrons. The van der Waals surface area contributed by atoms with Gasteiger partial charge in [0, 0.05) is 25.2 Å². The van der Waals surface area contributed by atoms with Crippen molar-refractivity contribution in [3.63, 3.8) is 0 Å². The van der Waals surface area contributed by atoms with Crippen molar-refractivity contribution in [2.45, 2.75) is 13.1 Å². The number of hydrogen-bond acceptors (Lipinski definition) is 6. The zero-order valence-corrected chi connectivity index (χ0v) is 10.8. The number of hydrogen-bond donors (Lipinski definition) is 1. The third kappa shape index (κ3) is 2.29. The molecule has 0 atom stereocenters. The lowest BCUT2D eigenvalue weighted by molar-refractivity contribution is -0.384. The van der Waals surface area contributed by atoms with Gasteiger partial charge in [0.2, 0.25) is 0 Å². The van der Waals surface area contributed by atoms with Crippen molar-refractivity contribution in [3.8, 4) is 0 Å². The van der Waals surface area contributed by atoms with E-state index in [1.165, 1.54) is 18.2 Å². The standard InChI is InChI=1S/C12H11N5O4/c18-12(19)9-2-1-8(17(20)21)5-10(9)15-3-4-16-7-13-14-11(16)6-15/h1-2,5,7H,3-4,6H2,(H,18,19). The molecule has 1 aliphatic heterocycles. The van der Waals surface area contributed by atoms with Crippen LogP contribution in [0.4, 0.5) is 11.4 Å². The Labute approximate surface area is 118 Å². The average molecular weight is 289 g/mol. The average Bonchev–Trinajstić information content (AvgIpc) is 2.93. The van der Waals surface area contributed by atoms with E-state index < -0.39 is 10.9 Å².